The van der Waals surface area contributed by atoms with Crippen LogP contribution in [0, 0.1) is 0 Å². The van der Waals surface area contributed by atoms with Crippen LogP contribution in [0.4, 0.5) is 4.79 Å². The van der Waals surface area contributed by atoms with Crippen LogP contribution in [0.1, 0.15) is 18.1 Å². The molecular weight excluding hydrogens is 220 g/mol. The standard InChI is InChI=1S/C11H12N4O2/c1-11(9(16)14-10(17)15-11)8-4-2-7(3-5-8)6-13-12/h2-6H,12H2,1H3,(H2,14,15,16,17)/t11-/m0/s1. The maximum absolute atomic E-state index is 11.7. The average Bonchev–Trinajstić information content (AvgIpc) is 2.55. The van der Waals surface area contributed by atoms with Gasteiger partial charge < -0.3 is 11.2 Å². The van der Waals surface area contributed by atoms with E-state index in [0.29, 0.717) is 5.56 Å². The quantitative estimate of drug-likeness (QED) is 0.290. The van der Waals surface area contributed by atoms with Crippen molar-refractivity contribution in [1.82, 2.24) is 10.6 Å². The molecule has 1 saturated heterocycles. The Morgan fingerprint density at radius 1 is 1.29 bits per heavy atom. The molecule has 0 saturated carbocycles. The number of carbonyl (C=O) groups is 2. The molecule has 0 spiro atoms. The zero-order valence-electron chi connectivity index (χ0n) is 9.23. The second kappa shape index (κ2) is 3.89. The first-order chi connectivity index (χ1) is 8.06. The van der Waals surface area contributed by atoms with Gasteiger partial charge in [0.2, 0.25) is 0 Å². The first-order valence-electron chi connectivity index (χ1n) is 5.03. The van der Waals surface area contributed by atoms with Crippen LogP contribution in [0.15, 0.2) is 29.4 Å². The van der Waals surface area contributed by atoms with Crippen LogP contribution in [0.3, 0.4) is 0 Å². The third-order valence-electron chi connectivity index (χ3n) is 2.76. The van der Waals surface area contributed by atoms with E-state index >= 15 is 0 Å². The maximum Gasteiger partial charge on any atom is 0.322 e. The van der Waals surface area contributed by atoms with E-state index < -0.39 is 11.6 Å². The highest BCUT2D eigenvalue weighted by atomic mass is 16.2. The predicted molar refractivity (Wildman–Crippen MR) is 62.2 cm³/mol. The first kappa shape index (κ1) is 11.1. The summed E-state index contributed by atoms with van der Waals surface area (Å²) in [5.41, 5.74) is 0.509. The molecule has 1 aliphatic rings. The van der Waals surface area contributed by atoms with Gasteiger partial charge in [-0.15, -0.1) is 0 Å². The fourth-order valence-electron chi connectivity index (χ4n) is 1.74. The molecule has 0 unspecified atom stereocenters. The van der Waals surface area contributed by atoms with Crippen LogP contribution in [0.25, 0.3) is 0 Å². The molecule has 17 heavy (non-hydrogen) atoms. The van der Waals surface area contributed by atoms with Crippen LogP contribution in [0.2, 0.25) is 0 Å². The molecule has 1 atom stereocenters. The molecule has 1 heterocycles. The lowest BCUT2D eigenvalue weighted by Crippen LogP contribution is -2.40. The first-order valence-corrected chi connectivity index (χ1v) is 5.03. The zero-order chi connectivity index (χ0) is 12.5. The van der Waals surface area contributed by atoms with Crippen LogP contribution in [-0.2, 0) is 10.3 Å². The lowest BCUT2D eigenvalue weighted by atomic mass is 9.92. The third kappa shape index (κ3) is 1.84. The Labute approximate surface area is 97.9 Å². The molecule has 0 radical (unpaired) electrons. The molecule has 6 heteroatoms. The largest absolute Gasteiger partial charge is 0.323 e. The Morgan fingerprint density at radius 2 is 1.94 bits per heavy atom. The summed E-state index contributed by atoms with van der Waals surface area (Å²) >= 11 is 0. The topological polar surface area (TPSA) is 96.6 Å². The van der Waals surface area contributed by atoms with Gasteiger partial charge in [-0.2, -0.15) is 5.10 Å². The number of hydrogen-bond donors (Lipinski definition) is 3. The van der Waals surface area contributed by atoms with E-state index in [9.17, 15) is 9.59 Å². The summed E-state index contributed by atoms with van der Waals surface area (Å²) in [6, 6.07) is 6.57. The summed E-state index contributed by atoms with van der Waals surface area (Å²) in [5, 5.41) is 8.20. The summed E-state index contributed by atoms with van der Waals surface area (Å²) in [4.78, 5) is 22.8. The van der Waals surface area contributed by atoms with Crippen molar-refractivity contribution in [1.29, 1.82) is 0 Å². The van der Waals surface area contributed by atoms with Crippen molar-refractivity contribution < 1.29 is 9.59 Å². The smallest absolute Gasteiger partial charge is 0.322 e. The summed E-state index contributed by atoms with van der Waals surface area (Å²) in [6.45, 7) is 1.65. The van der Waals surface area contributed by atoms with Crippen molar-refractivity contribution in [3.8, 4) is 0 Å². The van der Waals surface area contributed by atoms with Crippen LogP contribution < -0.4 is 16.5 Å². The van der Waals surface area contributed by atoms with Crippen molar-refractivity contribution in [3.05, 3.63) is 35.4 Å². The molecule has 1 aromatic rings. The third-order valence-corrected chi connectivity index (χ3v) is 2.76. The van der Waals surface area contributed by atoms with Crippen molar-refractivity contribution in [2.24, 2.45) is 10.9 Å². The number of benzene rings is 1. The Morgan fingerprint density at radius 3 is 2.41 bits per heavy atom. The summed E-state index contributed by atoms with van der Waals surface area (Å²) in [5.74, 6) is 4.68. The van der Waals surface area contributed by atoms with E-state index in [2.05, 4.69) is 15.7 Å². The van der Waals surface area contributed by atoms with E-state index in [1.807, 2.05) is 0 Å². The highest BCUT2D eigenvalue weighted by molar-refractivity contribution is 6.07. The van der Waals surface area contributed by atoms with Crippen molar-refractivity contribution >= 4 is 18.2 Å². The summed E-state index contributed by atoms with van der Waals surface area (Å²) in [6.07, 6.45) is 1.50. The minimum absolute atomic E-state index is 0.359. The van der Waals surface area contributed by atoms with E-state index in [1.165, 1.54) is 6.21 Å². The normalized spacial score (nSPS) is 23.8. The second-order valence-corrected chi connectivity index (χ2v) is 3.93. The highest BCUT2D eigenvalue weighted by Gasteiger charge is 2.43. The SMILES string of the molecule is C[C@@]1(c2ccc(C=NN)cc2)NC(=O)NC1=O. The molecule has 1 aromatic carbocycles. The lowest BCUT2D eigenvalue weighted by Gasteiger charge is -2.20. The van der Waals surface area contributed by atoms with E-state index in [1.54, 1.807) is 31.2 Å². The number of urea groups is 1. The van der Waals surface area contributed by atoms with E-state index in [-0.39, 0.29) is 5.91 Å². The van der Waals surface area contributed by atoms with Crippen molar-refractivity contribution in [3.63, 3.8) is 0 Å². The monoisotopic (exact) mass is 232 g/mol. The molecule has 88 valence electrons. The number of nitrogens with one attached hydrogen (secondary N) is 2. The van der Waals surface area contributed by atoms with Crippen LogP contribution in [-0.4, -0.2) is 18.2 Å². The molecule has 6 nitrogen and oxygen atoms in total. The molecule has 0 aromatic heterocycles. The second-order valence-electron chi connectivity index (χ2n) is 3.93. The van der Waals surface area contributed by atoms with Gasteiger partial charge >= 0.3 is 6.03 Å². The Kier molecular flexibility index (Phi) is 2.55. The Bertz CT molecular complexity index is 495. The number of imide groups is 1. The summed E-state index contributed by atoms with van der Waals surface area (Å²) in [7, 11) is 0. The molecule has 0 aliphatic carbocycles. The number of hydrogen-bond acceptors (Lipinski definition) is 4. The average molecular weight is 232 g/mol. The van der Waals surface area contributed by atoms with Gasteiger partial charge in [-0.1, -0.05) is 24.3 Å². The van der Waals surface area contributed by atoms with Gasteiger partial charge in [0, 0.05) is 0 Å². The van der Waals surface area contributed by atoms with Crippen molar-refractivity contribution in [2.45, 2.75) is 12.5 Å². The molecule has 1 fully saturated rings. The summed E-state index contributed by atoms with van der Waals surface area (Å²) < 4.78 is 0. The highest BCUT2D eigenvalue weighted by Crippen LogP contribution is 2.24. The maximum atomic E-state index is 11.7. The Hall–Kier alpha value is -2.37. The van der Waals surface area contributed by atoms with Crippen molar-refractivity contribution in [2.75, 3.05) is 0 Å². The lowest BCUT2D eigenvalue weighted by molar-refractivity contribution is -0.123. The zero-order valence-corrected chi connectivity index (χ0v) is 9.23. The van der Waals surface area contributed by atoms with Gasteiger partial charge in [-0.05, 0) is 18.1 Å². The van der Waals surface area contributed by atoms with Gasteiger partial charge in [-0.25, -0.2) is 4.79 Å². The predicted octanol–water partition coefficient (Wildman–Crippen LogP) is 0.0338. The van der Waals surface area contributed by atoms with E-state index in [4.69, 9.17) is 5.84 Å². The fraction of sp³-hybridized carbons (Fsp3) is 0.182. The number of nitrogens with zero attached hydrogens (tertiary/aromatic N) is 1. The molecule has 0 bridgehead atoms. The van der Waals surface area contributed by atoms with Crippen LogP contribution in [0.5, 0.6) is 0 Å². The number of rotatable bonds is 2. The number of carbonyl (C=O) groups excluding carboxylic acids is 2. The number of nitrogens with two attached hydrogens (primary N) is 1. The number of amides is 3. The van der Waals surface area contributed by atoms with Gasteiger partial charge in [0.15, 0.2) is 0 Å². The van der Waals surface area contributed by atoms with Crippen LogP contribution >= 0.6 is 0 Å². The minimum Gasteiger partial charge on any atom is -0.323 e. The van der Waals surface area contributed by atoms with Gasteiger partial charge in [0.1, 0.15) is 5.54 Å². The Balaban J connectivity index is 2.34. The van der Waals surface area contributed by atoms with Gasteiger partial charge in [0.25, 0.3) is 5.91 Å². The van der Waals surface area contributed by atoms with Gasteiger partial charge in [-0.3, -0.25) is 10.1 Å². The molecular formula is C11H12N4O2. The molecule has 4 N–H and O–H groups in total. The van der Waals surface area contributed by atoms with Gasteiger partial charge in [0.05, 0.1) is 6.21 Å². The fourth-order valence-corrected chi connectivity index (χ4v) is 1.74. The van der Waals surface area contributed by atoms with E-state index in [0.717, 1.165) is 5.56 Å². The molecule has 2 rings (SSSR count). The number of hydrazone groups is 1. The molecule has 3 amide bonds. The minimum atomic E-state index is -1.02. The molecule has 1 aliphatic heterocycles.